The highest BCUT2D eigenvalue weighted by Crippen LogP contribution is 2.25. The number of nitrogens with zero attached hydrogens (tertiary/aromatic N) is 2. The standard InChI is InChI=1S/C9H12N4OS/c1-5-3-4-7(15-5)6(2)11-9-13-12-8(10)14-9/h3-4,6H,1-2H3,(H2,10,12)(H,11,13). The van der Waals surface area contributed by atoms with E-state index in [1.165, 1.54) is 9.75 Å². The van der Waals surface area contributed by atoms with Gasteiger partial charge in [0.1, 0.15) is 0 Å². The zero-order valence-electron chi connectivity index (χ0n) is 8.52. The Bertz CT molecular complexity index is 450. The Kier molecular flexibility index (Phi) is 2.59. The minimum absolute atomic E-state index is 0.0760. The average Bonchev–Trinajstić information content (AvgIpc) is 2.75. The number of rotatable bonds is 3. The lowest BCUT2D eigenvalue weighted by atomic mass is 10.3. The number of nitrogen functional groups attached to an aromatic ring is 1. The van der Waals surface area contributed by atoms with Crippen molar-refractivity contribution in [3.63, 3.8) is 0 Å². The topological polar surface area (TPSA) is 77.0 Å². The van der Waals surface area contributed by atoms with E-state index in [9.17, 15) is 0 Å². The van der Waals surface area contributed by atoms with E-state index in [0.29, 0.717) is 6.01 Å². The van der Waals surface area contributed by atoms with Crippen LogP contribution in [0.2, 0.25) is 0 Å². The molecule has 0 spiro atoms. The minimum atomic E-state index is 0.0760. The van der Waals surface area contributed by atoms with Crippen LogP contribution >= 0.6 is 11.3 Å². The summed E-state index contributed by atoms with van der Waals surface area (Å²) in [5, 5.41) is 10.4. The first-order valence-corrected chi connectivity index (χ1v) is 5.38. The second-order valence-electron chi connectivity index (χ2n) is 3.26. The normalized spacial score (nSPS) is 12.7. The van der Waals surface area contributed by atoms with Crippen molar-refractivity contribution >= 4 is 23.4 Å². The average molecular weight is 224 g/mol. The molecular weight excluding hydrogens is 212 g/mol. The van der Waals surface area contributed by atoms with Crippen molar-refractivity contribution in [2.24, 2.45) is 0 Å². The first-order valence-electron chi connectivity index (χ1n) is 4.57. The largest absolute Gasteiger partial charge is 0.390 e. The van der Waals surface area contributed by atoms with E-state index in [1.807, 2.05) is 6.92 Å². The highest BCUT2D eigenvalue weighted by molar-refractivity contribution is 7.12. The van der Waals surface area contributed by atoms with Crippen LogP contribution in [-0.4, -0.2) is 10.2 Å². The van der Waals surface area contributed by atoms with Crippen LogP contribution in [0.25, 0.3) is 0 Å². The summed E-state index contributed by atoms with van der Waals surface area (Å²) in [7, 11) is 0. The lowest BCUT2D eigenvalue weighted by molar-refractivity contribution is 0.579. The summed E-state index contributed by atoms with van der Waals surface area (Å²) >= 11 is 1.74. The van der Waals surface area contributed by atoms with E-state index >= 15 is 0 Å². The summed E-state index contributed by atoms with van der Waals surface area (Å²) in [4.78, 5) is 2.51. The zero-order valence-corrected chi connectivity index (χ0v) is 9.34. The summed E-state index contributed by atoms with van der Waals surface area (Å²) in [6.45, 7) is 4.11. The van der Waals surface area contributed by atoms with Gasteiger partial charge in [0.2, 0.25) is 0 Å². The molecule has 0 radical (unpaired) electrons. The lowest BCUT2D eigenvalue weighted by Gasteiger charge is -2.08. The predicted molar refractivity (Wildman–Crippen MR) is 59.8 cm³/mol. The number of aromatic nitrogens is 2. The van der Waals surface area contributed by atoms with Gasteiger partial charge in [-0.15, -0.1) is 11.3 Å². The molecule has 15 heavy (non-hydrogen) atoms. The van der Waals surface area contributed by atoms with Crippen LogP contribution in [0.4, 0.5) is 12.0 Å². The van der Waals surface area contributed by atoms with Gasteiger partial charge in [-0.3, -0.25) is 0 Å². The molecule has 5 nitrogen and oxygen atoms in total. The summed E-state index contributed by atoms with van der Waals surface area (Å²) < 4.78 is 5.03. The van der Waals surface area contributed by atoms with Crippen LogP contribution in [0, 0.1) is 6.92 Å². The van der Waals surface area contributed by atoms with Crippen molar-refractivity contribution < 1.29 is 4.42 Å². The minimum Gasteiger partial charge on any atom is -0.390 e. The van der Waals surface area contributed by atoms with Gasteiger partial charge in [-0.2, -0.15) is 0 Å². The van der Waals surface area contributed by atoms with Crippen molar-refractivity contribution in [1.29, 1.82) is 0 Å². The molecule has 3 N–H and O–H groups in total. The molecule has 0 aliphatic heterocycles. The van der Waals surface area contributed by atoms with Crippen molar-refractivity contribution in [2.75, 3.05) is 11.1 Å². The Labute approximate surface area is 91.3 Å². The molecular formula is C9H12N4OS. The molecule has 1 unspecified atom stereocenters. The van der Waals surface area contributed by atoms with Crippen LogP contribution in [0.3, 0.4) is 0 Å². The first-order chi connectivity index (χ1) is 7.15. The highest BCUT2D eigenvalue weighted by atomic mass is 32.1. The molecule has 0 aliphatic carbocycles. The molecule has 2 aromatic heterocycles. The molecule has 1 atom stereocenters. The van der Waals surface area contributed by atoms with Gasteiger partial charge in [0.15, 0.2) is 0 Å². The zero-order chi connectivity index (χ0) is 10.8. The Balaban J connectivity index is 2.06. The number of anilines is 2. The van der Waals surface area contributed by atoms with Gasteiger partial charge in [0.05, 0.1) is 6.04 Å². The third-order valence-corrected chi connectivity index (χ3v) is 3.15. The highest BCUT2D eigenvalue weighted by Gasteiger charge is 2.10. The molecule has 2 aromatic rings. The molecule has 0 aliphatic rings. The number of aryl methyl sites for hydroxylation is 1. The van der Waals surface area contributed by atoms with Gasteiger partial charge >= 0.3 is 12.0 Å². The number of hydrogen-bond acceptors (Lipinski definition) is 6. The number of thiophene rings is 1. The van der Waals surface area contributed by atoms with E-state index in [-0.39, 0.29) is 12.1 Å². The Morgan fingerprint density at radius 2 is 2.27 bits per heavy atom. The fourth-order valence-electron chi connectivity index (χ4n) is 1.24. The quantitative estimate of drug-likeness (QED) is 0.835. The second kappa shape index (κ2) is 3.90. The van der Waals surface area contributed by atoms with E-state index < -0.39 is 0 Å². The summed E-state index contributed by atoms with van der Waals surface area (Å²) in [6, 6.07) is 4.74. The number of nitrogens with two attached hydrogens (primary N) is 1. The maximum absolute atomic E-state index is 5.32. The van der Waals surface area contributed by atoms with E-state index in [1.54, 1.807) is 11.3 Å². The fourth-order valence-corrected chi connectivity index (χ4v) is 2.12. The van der Waals surface area contributed by atoms with Crippen molar-refractivity contribution in [1.82, 2.24) is 10.2 Å². The molecule has 6 heteroatoms. The third kappa shape index (κ3) is 2.27. The molecule has 0 saturated carbocycles. The van der Waals surface area contributed by atoms with Gasteiger partial charge in [0.25, 0.3) is 0 Å². The lowest BCUT2D eigenvalue weighted by Crippen LogP contribution is -2.04. The van der Waals surface area contributed by atoms with E-state index in [4.69, 9.17) is 10.2 Å². The van der Waals surface area contributed by atoms with Crippen molar-refractivity contribution in [3.8, 4) is 0 Å². The molecule has 0 bridgehead atoms. The van der Waals surface area contributed by atoms with Crippen LogP contribution in [0.15, 0.2) is 16.5 Å². The summed E-state index contributed by atoms with van der Waals surface area (Å²) in [5.74, 6) is 0. The molecule has 2 rings (SSSR count). The van der Waals surface area contributed by atoms with Gasteiger partial charge < -0.3 is 15.5 Å². The van der Waals surface area contributed by atoms with Crippen LogP contribution in [0.5, 0.6) is 0 Å². The summed E-state index contributed by atoms with van der Waals surface area (Å²) in [6.07, 6.45) is 0. The predicted octanol–water partition coefficient (Wildman–Crippen LogP) is 2.19. The molecule has 0 aromatic carbocycles. The first kappa shape index (κ1) is 9.97. The van der Waals surface area contributed by atoms with Crippen LogP contribution in [0.1, 0.15) is 22.7 Å². The number of hydrogen-bond donors (Lipinski definition) is 2. The van der Waals surface area contributed by atoms with Crippen molar-refractivity contribution in [3.05, 3.63) is 21.9 Å². The van der Waals surface area contributed by atoms with Gasteiger partial charge in [0, 0.05) is 9.75 Å². The molecule has 0 saturated heterocycles. The van der Waals surface area contributed by atoms with E-state index in [2.05, 4.69) is 34.6 Å². The summed E-state index contributed by atoms with van der Waals surface area (Å²) in [5.41, 5.74) is 5.32. The fraction of sp³-hybridized carbons (Fsp3) is 0.333. The van der Waals surface area contributed by atoms with Crippen LogP contribution in [-0.2, 0) is 0 Å². The SMILES string of the molecule is Cc1ccc(C(C)Nc2nnc(N)o2)s1. The molecule has 0 amide bonds. The van der Waals surface area contributed by atoms with Gasteiger partial charge in [-0.05, 0) is 26.0 Å². The van der Waals surface area contributed by atoms with Gasteiger partial charge in [-0.25, -0.2) is 0 Å². The Morgan fingerprint density at radius 1 is 1.47 bits per heavy atom. The Hall–Kier alpha value is -1.56. The second-order valence-corrected chi connectivity index (χ2v) is 4.58. The Morgan fingerprint density at radius 3 is 2.80 bits per heavy atom. The monoisotopic (exact) mass is 224 g/mol. The maximum atomic E-state index is 5.32. The van der Waals surface area contributed by atoms with E-state index in [0.717, 1.165) is 0 Å². The molecule has 80 valence electrons. The van der Waals surface area contributed by atoms with Gasteiger partial charge in [-0.1, -0.05) is 10.2 Å². The maximum Gasteiger partial charge on any atom is 0.317 e. The number of nitrogens with one attached hydrogen (secondary N) is 1. The molecule has 0 fully saturated rings. The smallest absolute Gasteiger partial charge is 0.317 e. The van der Waals surface area contributed by atoms with Crippen LogP contribution < -0.4 is 11.1 Å². The molecule has 2 heterocycles. The third-order valence-electron chi connectivity index (χ3n) is 1.97. The van der Waals surface area contributed by atoms with Crippen molar-refractivity contribution in [2.45, 2.75) is 19.9 Å².